The highest BCUT2D eigenvalue weighted by Crippen LogP contribution is 2.28. The summed E-state index contributed by atoms with van der Waals surface area (Å²) in [5, 5.41) is 7.98. The minimum absolute atomic E-state index is 0.291. The molecule has 0 radical (unpaired) electrons. The molecule has 2 unspecified atom stereocenters. The molecule has 108 valence electrons. The first-order valence-corrected chi connectivity index (χ1v) is 7.63. The number of piperazine rings is 1. The molecule has 1 aliphatic rings. The van der Waals surface area contributed by atoms with E-state index >= 15 is 0 Å². The van der Waals surface area contributed by atoms with E-state index in [0.717, 1.165) is 30.7 Å². The van der Waals surface area contributed by atoms with Crippen molar-refractivity contribution in [2.45, 2.75) is 19.0 Å². The first kappa shape index (κ1) is 15.0. The topological polar surface area (TPSA) is 36.3 Å². The highest BCUT2D eigenvalue weighted by molar-refractivity contribution is 9.10. The Morgan fingerprint density at radius 1 is 1.42 bits per heavy atom. The van der Waals surface area contributed by atoms with Gasteiger partial charge in [0.1, 0.15) is 0 Å². The maximum Gasteiger partial charge on any atom is 0.0708 e. The second-order valence-electron chi connectivity index (χ2n) is 5.35. The van der Waals surface area contributed by atoms with E-state index in [2.05, 4.69) is 57.2 Å². The maximum absolute atomic E-state index is 4.36. The highest BCUT2D eigenvalue weighted by atomic mass is 79.9. The Morgan fingerprint density at radius 3 is 2.74 bits per heavy atom. The summed E-state index contributed by atoms with van der Waals surface area (Å²) in [5.74, 6) is 0. The predicted molar refractivity (Wildman–Crippen MR) is 81.2 cm³/mol. The number of nitrogens with zero attached hydrogens (tertiary/aromatic N) is 4. The van der Waals surface area contributed by atoms with Crippen molar-refractivity contribution >= 4 is 15.9 Å². The van der Waals surface area contributed by atoms with Gasteiger partial charge in [-0.15, -0.1) is 0 Å². The fraction of sp³-hybridized carbons (Fsp3) is 0.769. The Kier molecular flexibility index (Phi) is 5.00. The number of rotatable bonds is 4. The van der Waals surface area contributed by atoms with Crippen LogP contribution in [0, 0.1) is 0 Å². The average Bonchev–Trinajstić information content (AvgIpc) is 2.70. The van der Waals surface area contributed by atoms with Gasteiger partial charge in [-0.25, -0.2) is 0 Å². The van der Waals surface area contributed by atoms with Crippen molar-refractivity contribution in [1.82, 2.24) is 24.9 Å². The van der Waals surface area contributed by atoms with Gasteiger partial charge in [0, 0.05) is 32.7 Å². The molecule has 2 heterocycles. The Bertz CT molecular complexity index is 400. The largest absolute Gasteiger partial charge is 0.308 e. The van der Waals surface area contributed by atoms with Gasteiger partial charge < -0.3 is 10.2 Å². The molecule has 19 heavy (non-hydrogen) atoms. The van der Waals surface area contributed by atoms with Crippen molar-refractivity contribution < 1.29 is 0 Å². The van der Waals surface area contributed by atoms with Crippen LogP contribution in [-0.2, 0) is 7.05 Å². The fourth-order valence-corrected chi connectivity index (χ4v) is 3.40. The molecule has 1 aliphatic heterocycles. The second-order valence-corrected chi connectivity index (χ2v) is 6.20. The van der Waals surface area contributed by atoms with Crippen LogP contribution in [0.2, 0.25) is 0 Å². The number of aryl methyl sites for hydroxylation is 1. The minimum atomic E-state index is 0.291. The van der Waals surface area contributed by atoms with Crippen molar-refractivity contribution in [1.29, 1.82) is 0 Å². The summed E-state index contributed by atoms with van der Waals surface area (Å²) in [7, 11) is 6.42. The van der Waals surface area contributed by atoms with E-state index < -0.39 is 0 Å². The zero-order valence-corrected chi connectivity index (χ0v) is 13.8. The third kappa shape index (κ3) is 3.18. The van der Waals surface area contributed by atoms with Gasteiger partial charge in [-0.1, -0.05) is 6.92 Å². The maximum atomic E-state index is 4.36. The molecule has 0 aliphatic carbocycles. The quantitative estimate of drug-likeness (QED) is 0.896. The Balaban J connectivity index is 2.29. The molecule has 2 atom stereocenters. The van der Waals surface area contributed by atoms with Crippen LogP contribution in [-0.4, -0.2) is 65.9 Å². The number of aromatic nitrogens is 2. The molecule has 6 heteroatoms. The standard InChI is InChI=1S/C13H24BrN5/c1-5-15-12(13-10(14)8-16-19(13)4)11-9-17(2)6-7-18(11)3/h8,11-12,15H,5-7,9H2,1-4H3. The zero-order valence-electron chi connectivity index (χ0n) is 12.2. The van der Waals surface area contributed by atoms with Crippen LogP contribution in [0.3, 0.4) is 0 Å². The smallest absolute Gasteiger partial charge is 0.0708 e. The van der Waals surface area contributed by atoms with Crippen LogP contribution in [0.4, 0.5) is 0 Å². The monoisotopic (exact) mass is 329 g/mol. The number of likely N-dealkylation sites (N-methyl/N-ethyl adjacent to an activating group) is 3. The molecule has 0 amide bonds. The van der Waals surface area contributed by atoms with Crippen LogP contribution < -0.4 is 5.32 Å². The lowest BCUT2D eigenvalue weighted by atomic mass is 10.0. The third-order valence-corrected chi connectivity index (χ3v) is 4.55. The fourth-order valence-electron chi connectivity index (χ4n) is 2.81. The third-order valence-electron chi connectivity index (χ3n) is 3.94. The molecule has 0 bridgehead atoms. The second kappa shape index (κ2) is 6.35. The first-order chi connectivity index (χ1) is 9.04. The molecule has 0 spiro atoms. The van der Waals surface area contributed by atoms with Crippen molar-refractivity contribution in [3.63, 3.8) is 0 Å². The van der Waals surface area contributed by atoms with Crippen LogP contribution in [0.5, 0.6) is 0 Å². The molecule has 2 rings (SSSR count). The summed E-state index contributed by atoms with van der Waals surface area (Å²) in [4.78, 5) is 4.85. The zero-order chi connectivity index (χ0) is 14.0. The summed E-state index contributed by atoms with van der Waals surface area (Å²) < 4.78 is 3.06. The Morgan fingerprint density at radius 2 is 2.16 bits per heavy atom. The minimum Gasteiger partial charge on any atom is -0.308 e. The van der Waals surface area contributed by atoms with Crippen LogP contribution in [0.1, 0.15) is 18.7 Å². The average molecular weight is 330 g/mol. The predicted octanol–water partition coefficient (Wildman–Crippen LogP) is 1.08. The summed E-state index contributed by atoms with van der Waals surface area (Å²) in [6, 6.07) is 0.755. The van der Waals surface area contributed by atoms with E-state index in [0.29, 0.717) is 12.1 Å². The molecular formula is C13H24BrN5. The number of hydrogen-bond donors (Lipinski definition) is 1. The van der Waals surface area contributed by atoms with Gasteiger partial charge in [0.25, 0.3) is 0 Å². The van der Waals surface area contributed by atoms with Gasteiger partial charge in [-0.3, -0.25) is 9.58 Å². The van der Waals surface area contributed by atoms with Crippen LogP contribution >= 0.6 is 15.9 Å². The lowest BCUT2D eigenvalue weighted by molar-refractivity contribution is 0.0857. The summed E-state index contributed by atoms with van der Waals surface area (Å²) in [5.41, 5.74) is 1.23. The first-order valence-electron chi connectivity index (χ1n) is 6.84. The molecule has 5 nitrogen and oxygen atoms in total. The SMILES string of the molecule is CCNC(c1c(Br)cnn1C)C1CN(C)CCN1C. The highest BCUT2D eigenvalue weighted by Gasteiger charge is 2.33. The summed E-state index contributed by atoms with van der Waals surface area (Å²) >= 11 is 3.63. The molecular weight excluding hydrogens is 306 g/mol. The Labute approximate surface area is 124 Å². The molecule has 1 aromatic rings. The van der Waals surface area contributed by atoms with E-state index in [-0.39, 0.29) is 0 Å². The number of hydrogen-bond acceptors (Lipinski definition) is 4. The van der Waals surface area contributed by atoms with E-state index in [9.17, 15) is 0 Å². The van der Waals surface area contributed by atoms with Gasteiger partial charge in [0.15, 0.2) is 0 Å². The van der Waals surface area contributed by atoms with Crippen molar-refractivity contribution in [2.24, 2.45) is 7.05 Å². The lowest BCUT2D eigenvalue weighted by Crippen LogP contribution is -2.55. The van der Waals surface area contributed by atoms with E-state index in [1.165, 1.54) is 5.69 Å². The number of halogens is 1. The lowest BCUT2D eigenvalue weighted by Gasteiger charge is -2.42. The van der Waals surface area contributed by atoms with Crippen LogP contribution in [0.15, 0.2) is 10.7 Å². The van der Waals surface area contributed by atoms with Crippen molar-refractivity contribution in [3.05, 3.63) is 16.4 Å². The Hall–Kier alpha value is -0.430. The molecule has 1 aromatic heterocycles. The van der Waals surface area contributed by atoms with Gasteiger partial charge in [-0.2, -0.15) is 5.10 Å². The summed E-state index contributed by atoms with van der Waals surface area (Å²) in [6.07, 6.45) is 1.88. The van der Waals surface area contributed by atoms with Gasteiger partial charge in [0.2, 0.25) is 0 Å². The van der Waals surface area contributed by atoms with Crippen molar-refractivity contribution in [2.75, 3.05) is 40.3 Å². The van der Waals surface area contributed by atoms with E-state index in [1.807, 2.05) is 17.9 Å². The van der Waals surface area contributed by atoms with Crippen molar-refractivity contribution in [3.8, 4) is 0 Å². The molecule has 1 N–H and O–H groups in total. The van der Waals surface area contributed by atoms with Gasteiger partial charge >= 0.3 is 0 Å². The van der Waals surface area contributed by atoms with E-state index in [4.69, 9.17) is 0 Å². The van der Waals surface area contributed by atoms with Crippen LogP contribution in [0.25, 0.3) is 0 Å². The number of nitrogens with one attached hydrogen (secondary N) is 1. The van der Waals surface area contributed by atoms with Gasteiger partial charge in [0.05, 0.1) is 22.4 Å². The summed E-state index contributed by atoms with van der Waals surface area (Å²) in [6.45, 7) is 6.43. The molecule has 0 saturated carbocycles. The van der Waals surface area contributed by atoms with Gasteiger partial charge in [-0.05, 0) is 36.6 Å². The molecule has 1 fully saturated rings. The molecule has 1 saturated heterocycles. The van der Waals surface area contributed by atoms with E-state index in [1.54, 1.807) is 0 Å². The normalized spacial score (nSPS) is 23.7. The molecule has 0 aromatic carbocycles.